The second-order valence-electron chi connectivity index (χ2n) is 10.9. The predicted molar refractivity (Wildman–Crippen MR) is 171 cm³/mol. The molecule has 11 heteroatoms. The van der Waals surface area contributed by atoms with Crippen LogP contribution in [0.25, 0.3) is 39.0 Å². The Morgan fingerprint density at radius 2 is 1.69 bits per heavy atom. The van der Waals surface area contributed by atoms with E-state index >= 15 is 0 Å². The van der Waals surface area contributed by atoms with Crippen LogP contribution in [0.4, 0.5) is 0 Å². The highest BCUT2D eigenvalue weighted by Gasteiger charge is 2.49. The molecule has 1 fully saturated rings. The number of benzene rings is 3. The van der Waals surface area contributed by atoms with Crippen molar-refractivity contribution in [3.8, 4) is 45.5 Å². The molecule has 2 heterocycles. The molecule has 230 valence electrons. The fourth-order valence-corrected chi connectivity index (χ4v) is 5.92. The Balaban J connectivity index is 1.36. The van der Waals surface area contributed by atoms with Crippen molar-refractivity contribution in [1.82, 2.24) is 20.1 Å². The van der Waals surface area contributed by atoms with Gasteiger partial charge in [0.05, 0.1) is 66.0 Å². The van der Waals surface area contributed by atoms with Gasteiger partial charge in [-0.1, -0.05) is 41.9 Å². The van der Waals surface area contributed by atoms with Gasteiger partial charge in [0.15, 0.2) is 6.29 Å². The third kappa shape index (κ3) is 5.47. The average molecular weight is 627 g/mol. The number of carbonyl (C=O) groups is 2. The zero-order valence-corrected chi connectivity index (χ0v) is 25.7. The van der Waals surface area contributed by atoms with Crippen molar-refractivity contribution in [3.05, 3.63) is 83.0 Å². The number of carboxylic acids is 1. The van der Waals surface area contributed by atoms with Crippen LogP contribution in [0.15, 0.2) is 66.9 Å². The molecule has 0 atom stereocenters. The van der Waals surface area contributed by atoms with Crippen molar-refractivity contribution < 1.29 is 28.9 Å². The summed E-state index contributed by atoms with van der Waals surface area (Å²) in [6.07, 6.45) is 3.84. The summed E-state index contributed by atoms with van der Waals surface area (Å²) in [4.78, 5) is 27.5. The molecule has 1 aliphatic rings. The lowest BCUT2D eigenvalue weighted by Crippen LogP contribution is -2.29. The van der Waals surface area contributed by atoms with E-state index in [-0.39, 0.29) is 5.88 Å². The molecule has 0 spiro atoms. The molecule has 0 aliphatic heterocycles. The third-order valence-electron chi connectivity index (χ3n) is 8.30. The number of aldehydes is 1. The van der Waals surface area contributed by atoms with Crippen LogP contribution in [0.2, 0.25) is 5.02 Å². The number of fused-ring (bicyclic) bond motifs is 1. The summed E-state index contributed by atoms with van der Waals surface area (Å²) < 4.78 is 18.6. The lowest BCUT2D eigenvalue weighted by Gasteiger charge is -2.18. The summed E-state index contributed by atoms with van der Waals surface area (Å²) in [5, 5.41) is 18.9. The second-order valence-corrected chi connectivity index (χ2v) is 11.3. The zero-order valence-electron chi connectivity index (χ0n) is 25.0. The van der Waals surface area contributed by atoms with E-state index in [1.165, 1.54) is 7.11 Å². The number of halogens is 1. The molecule has 10 nitrogen and oxygen atoms in total. The Morgan fingerprint density at radius 3 is 2.33 bits per heavy atom. The largest absolute Gasteiger partial charge is 0.496 e. The molecule has 3 aromatic carbocycles. The van der Waals surface area contributed by atoms with Crippen LogP contribution in [-0.4, -0.2) is 60.0 Å². The van der Waals surface area contributed by atoms with Crippen LogP contribution in [0.3, 0.4) is 0 Å². The number of ether oxygens (including phenoxy) is 3. The van der Waals surface area contributed by atoms with Gasteiger partial charge in [-0.3, -0.25) is 9.59 Å². The number of hydrogen-bond acceptors (Lipinski definition) is 8. The monoisotopic (exact) mass is 626 g/mol. The van der Waals surface area contributed by atoms with Crippen molar-refractivity contribution in [3.63, 3.8) is 0 Å². The van der Waals surface area contributed by atoms with Gasteiger partial charge in [0.1, 0.15) is 11.5 Å². The van der Waals surface area contributed by atoms with Gasteiger partial charge in [-0.05, 0) is 36.6 Å². The summed E-state index contributed by atoms with van der Waals surface area (Å²) in [5.74, 6) is 0.645. The number of carboxylic acid groups (broad SMARTS) is 1. The number of nitrogens with one attached hydrogen (secondary N) is 1. The van der Waals surface area contributed by atoms with Gasteiger partial charge in [0.25, 0.3) is 0 Å². The van der Waals surface area contributed by atoms with Crippen molar-refractivity contribution in [2.45, 2.75) is 19.4 Å². The Kier molecular flexibility index (Phi) is 8.18. The standard InChI is InChI=1S/C34H31ClN4O6/c1-43-29-14-21(15-30(44-2)26(29)16-36-19-34(12-13-34)33(41)42)39-28-9-5-6-22(25(28)17-37-39)23-7-4-8-24(31(23)35)27-11-10-20(18-40)32(38-27)45-3/h4-11,14-15,17-18,36H,12-13,16,19H2,1-3H3,(H,41,42). The Bertz CT molecular complexity index is 1910. The van der Waals surface area contributed by atoms with Gasteiger partial charge in [0, 0.05) is 41.7 Å². The molecule has 0 amide bonds. The highest BCUT2D eigenvalue weighted by Crippen LogP contribution is 2.45. The molecule has 1 saturated carbocycles. The Hall–Kier alpha value is -4.93. The minimum Gasteiger partial charge on any atom is -0.496 e. The van der Waals surface area contributed by atoms with Crippen LogP contribution < -0.4 is 19.5 Å². The highest BCUT2D eigenvalue weighted by atomic mass is 35.5. The first kappa shape index (κ1) is 30.1. The van der Waals surface area contributed by atoms with E-state index in [0.717, 1.165) is 33.3 Å². The summed E-state index contributed by atoms with van der Waals surface area (Å²) in [6, 6.07) is 18.8. The van der Waals surface area contributed by atoms with E-state index in [9.17, 15) is 14.7 Å². The summed E-state index contributed by atoms with van der Waals surface area (Å²) in [6.45, 7) is 0.763. The third-order valence-corrected chi connectivity index (χ3v) is 8.71. The predicted octanol–water partition coefficient (Wildman–Crippen LogP) is 6.20. The molecule has 6 rings (SSSR count). The van der Waals surface area contributed by atoms with Crippen molar-refractivity contribution >= 4 is 34.8 Å². The molecule has 1 aliphatic carbocycles. The van der Waals surface area contributed by atoms with Crippen LogP contribution in [0.1, 0.15) is 28.8 Å². The molecule has 0 radical (unpaired) electrons. The van der Waals surface area contributed by atoms with Crippen molar-refractivity contribution in [2.24, 2.45) is 5.41 Å². The highest BCUT2D eigenvalue weighted by molar-refractivity contribution is 6.36. The molecule has 0 unspecified atom stereocenters. The number of hydrogen-bond donors (Lipinski definition) is 2. The number of pyridine rings is 1. The zero-order chi connectivity index (χ0) is 31.7. The van der Waals surface area contributed by atoms with Gasteiger partial charge in [-0.2, -0.15) is 5.10 Å². The number of nitrogens with zero attached hydrogens (tertiary/aromatic N) is 3. The molecule has 0 saturated heterocycles. The lowest BCUT2D eigenvalue weighted by atomic mass is 9.98. The van der Waals surface area contributed by atoms with E-state index in [0.29, 0.717) is 65.6 Å². The van der Waals surface area contributed by atoms with Crippen molar-refractivity contribution in [2.75, 3.05) is 27.9 Å². The van der Waals surface area contributed by atoms with Crippen LogP contribution in [0, 0.1) is 5.41 Å². The maximum absolute atomic E-state index is 11.6. The SMILES string of the molecule is COc1cc(-n2ncc3c(-c4cccc(-c5ccc(C=O)c(OC)n5)c4Cl)cccc32)cc(OC)c1CNCC1(C(=O)O)CC1. The number of aliphatic carboxylic acids is 1. The summed E-state index contributed by atoms with van der Waals surface area (Å²) in [7, 11) is 4.65. The molecular formula is C34H31ClN4O6. The topological polar surface area (TPSA) is 125 Å². The molecule has 45 heavy (non-hydrogen) atoms. The first-order valence-electron chi connectivity index (χ1n) is 14.3. The fourth-order valence-electron chi connectivity index (χ4n) is 5.59. The van der Waals surface area contributed by atoms with E-state index in [1.807, 2.05) is 53.2 Å². The van der Waals surface area contributed by atoms with Crippen molar-refractivity contribution in [1.29, 1.82) is 0 Å². The van der Waals surface area contributed by atoms with Gasteiger partial charge in [0.2, 0.25) is 5.88 Å². The molecule has 5 aromatic rings. The number of carbonyl (C=O) groups excluding carboxylic acids is 1. The molecule has 2 N–H and O–H groups in total. The van der Waals surface area contributed by atoms with Gasteiger partial charge in [-0.25, -0.2) is 9.67 Å². The van der Waals surface area contributed by atoms with Crippen LogP contribution >= 0.6 is 11.6 Å². The fraction of sp³-hybridized carbons (Fsp3) is 0.235. The minimum absolute atomic E-state index is 0.229. The summed E-state index contributed by atoms with van der Waals surface area (Å²) >= 11 is 7.01. The first-order chi connectivity index (χ1) is 21.8. The van der Waals surface area contributed by atoms with E-state index in [1.54, 1.807) is 32.5 Å². The van der Waals surface area contributed by atoms with Gasteiger partial charge >= 0.3 is 5.97 Å². The van der Waals surface area contributed by atoms with Crippen LogP contribution in [-0.2, 0) is 11.3 Å². The second kappa shape index (κ2) is 12.2. The average Bonchev–Trinajstić information content (AvgIpc) is 3.74. The number of methoxy groups -OCH3 is 3. The maximum Gasteiger partial charge on any atom is 0.310 e. The van der Waals surface area contributed by atoms with E-state index in [2.05, 4.69) is 10.3 Å². The van der Waals surface area contributed by atoms with E-state index < -0.39 is 11.4 Å². The van der Waals surface area contributed by atoms with E-state index in [4.69, 9.17) is 30.9 Å². The smallest absolute Gasteiger partial charge is 0.310 e. The normalized spacial score (nSPS) is 13.4. The maximum atomic E-state index is 11.6. The molecule has 2 aromatic heterocycles. The molecule has 0 bridgehead atoms. The Morgan fingerprint density at radius 1 is 1.00 bits per heavy atom. The minimum atomic E-state index is -0.771. The first-order valence-corrected chi connectivity index (χ1v) is 14.7. The quantitative estimate of drug-likeness (QED) is 0.156. The number of aromatic nitrogens is 3. The van der Waals surface area contributed by atoms with Crippen LogP contribution in [0.5, 0.6) is 17.4 Å². The lowest BCUT2D eigenvalue weighted by molar-refractivity contribution is -0.143. The molecular weight excluding hydrogens is 596 g/mol. The number of rotatable bonds is 12. The Labute approximate surface area is 264 Å². The summed E-state index contributed by atoms with van der Waals surface area (Å²) in [5.41, 5.74) is 5.00. The van der Waals surface area contributed by atoms with Gasteiger partial charge < -0.3 is 24.6 Å². The van der Waals surface area contributed by atoms with Gasteiger partial charge in [-0.15, -0.1) is 0 Å².